The minimum absolute atomic E-state index is 0.102. The summed E-state index contributed by atoms with van der Waals surface area (Å²) >= 11 is 0. The quantitative estimate of drug-likeness (QED) is 0.565. The van der Waals surface area contributed by atoms with Gasteiger partial charge in [-0.25, -0.2) is 8.42 Å². The smallest absolute Gasteiger partial charge is 0.309 e. The van der Waals surface area contributed by atoms with Gasteiger partial charge in [0.1, 0.15) is 11.0 Å². The van der Waals surface area contributed by atoms with Gasteiger partial charge >= 0.3 is 11.8 Å². The molecule has 0 spiro atoms. The van der Waals surface area contributed by atoms with Crippen LogP contribution in [-0.2, 0) is 26.0 Å². The van der Waals surface area contributed by atoms with Crippen molar-refractivity contribution >= 4 is 21.7 Å². The van der Waals surface area contributed by atoms with Crippen molar-refractivity contribution in [3.05, 3.63) is 89.9 Å². The first-order chi connectivity index (χ1) is 14.4. The Morgan fingerprint density at radius 1 is 0.900 bits per heavy atom. The first-order valence-electron chi connectivity index (χ1n) is 9.32. The first kappa shape index (κ1) is 21.3. The SMILES string of the molecule is Cc1ccccc1CNC(=O)C(=O)NC[C@@H](c1ccco1)S(=O)(=O)c1ccccc1. The zero-order valence-electron chi connectivity index (χ0n) is 16.4. The van der Waals surface area contributed by atoms with E-state index >= 15 is 0 Å². The summed E-state index contributed by atoms with van der Waals surface area (Å²) in [5.74, 6) is -1.57. The van der Waals surface area contributed by atoms with Gasteiger partial charge in [-0.05, 0) is 42.3 Å². The van der Waals surface area contributed by atoms with Crippen molar-refractivity contribution in [3.63, 3.8) is 0 Å². The molecule has 2 aromatic carbocycles. The van der Waals surface area contributed by atoms with Crippen LogP contribution in [0.15, 0.2) is 82.3 Å². The molecule has 0 radical (unpaired) electrons. The fourth-order valence-corrected chi connectivity index (χ4v) is 4.55. The van der Waals surface area contributed by atoms with E-state index < -0.39 is 26.9 Å². The molecule has 1 aromatic heterocycles. The molecule has 0 saturated carbocycles. The number of rotatable bonds is 7. The molecule has 0 unspecified atom stereocenters. The van der Waals surface area contributed by atoms with Crippen LogP contribution in [0.3, 0.4) is 0 Å². The van der Waals surface area contributed by atoms with Crippen molar-refractivity contribution in [2.45, 2.75) is 23.6 Å². The molecule has 156 valence electrons. The second kappa shape index (κ2) is 9.41. The molecule has 8 heteroatoms. The van der Waals surface area contributed by atoms with Crippen molar-refractivity contribution in [1.82, 2.24) is 10.6 Å². The number of furan rings is 1. The highest BCUT2D eigenvalue weighted by molar-refractivity contribution is 7.91. The molecule has 0 saturated heterocycles. The summed E-state index contributed by atoms with van der Waals surface area (Å²) in [5.41, 5.74) is 1.88. The summed E-state index contributed by atoms with van der Waals surface area (Å²) in [6, 6.07) is 18.5. The summed E-state index contributed by atoms with van der Waals surface area (Å²) in [5, 5.41) is 3.79. The van der Waals surface area contributed by atoms with Gasteiger partial charge in [-0.3, -0.25) is 9.59 Å². The minimum atomic E-state index is -3.85. The van der Waals surface area contributed by atoms with Crippen molar-refractivity contribution in [3.8, 4) is 0 Å². The highest BCUT2D eigenvalue weighted by Gasteiger charge is 2.32. The fraction of sp³-hybridized carbons (Fsp3) is 0.182. The molecular weight excluding hydrogens is 404 g/mol. The Hall–Kier alpha value is -3.39. The van der Waals surface area contributed by atoms with Gasteiger partial charge in [0, 0.05) is 13.1 Å². The minimum Gasteiger partial charge on any atom is -0.468 e. The highest BCUT2D eigenvalue weighted by Crippen LogP contribution is 2.28. The summed E-state index contributed by atoms with van der Waals surface area (Å²) < 4.78 is 31.4. The predicted octanol–water partition coefficient (Wildman–Crippen LogP) is 2.54. The van der Waals surface area contributed by atoms with Gasteiger partial charge in [0.05, 0.1) is 11.2 Å². The lowest BCUT2D eigenvalue weighted by Crippen LogP contribution is -2.42. The zero-order chi connectivity index (χ0) is 21.6. The lowest BCUT2D eigenvalue weighted by atomic mass is 10.1. The van der Waals surface area contributed by atoms with Gasteiger partial charge < -0.3 is 15.1 Å². The summed E-state index contributed by atoms with van der Waals surface area (Å²) in [4.78, 5) is 24.5. The number of benzene rings is 2. The lowest BCUT2D eigenvalue weighted by molar-refractivity contribution is -0.139. The largest absolute Gasteiger partial charge is 0.468 e. The second-order valence-electron chi connectivity index (χ2n) is 6.68. The standard InChI is InChI=1S/C22H22N2O5S/c1-16-8-5-6-9-17(16)14-23-21(25)22(26)24-15-20(19-12-7-13-29-19)30(27,28)18-10-3-2-4-11-18/h2-13,20H,14-15H2,1H3,(H,23,25)(H,24,26)/t20-/m0/s1. The zero-order valence-corrected chi connectivity index (χ0v) is 17.2. The van der Waals surface area contributed by atoms with E-state index in [1.807, 2.05) is 31.2 Å². The van der Waals surface area contributed by atoms with Crippen molar-refractivity contribution in [2.75, 3.05) is 6.54 Å². The summed E-state index contributed by atoms with van der Waals surface area (Å²) in [7, 11) is -3.85. The maximum atomic E-state index is 13.0. The number of nitrogens with one attached hydrogen (secondary N) is 2. The van der Waals surface area contributed by atoms with Crippen molar-refractivity contribution in [1.29, 1.82) is 0 Å². The third kappa shape index (κ3) is 4.96. The molecule has 0 fully saturated rings. The molecule has 3 aromatic rings. The Bertz CT molecular complexity index is 1110. The molecular formula is C22H22N2O5S. The van der Waals surface area contributed by atoms with E-state index in [0.717, 1.165) is 11.1 Å². The van der Waals surface area contributed by atoms with E-state index in [2.05, 4.69) is 10.6 Å². The third-order valence-corrected chi connectivity index (χ3v) is 6.74. The fourth-order valence-electron chi connectivity index (χ4n) is 2.94. The van der Waals surface area contributed by atoms with Crippen LogP contribution in [0.4, 0.5) is 0 Å². The van der Waals surface area contributed by atoms with Crippen LogP contribution in [0, 0.1) is 6.92 Å². The summed E-state index contributed by atoms with van der Waals surface area (Å²) in [6.45, 7) is 1.80. The third-order valence-electron chi connectivity index (χ3n) is 4.66. The average molecular weight is 426 g/mol. The van der Waals surface area contributed by atoms with Crippen molar-refractivity contribution < 1.29 is 22.4 Å². The lowest BCUT2D eigenvalue weighted by Gasteiger charge is -2.16. The van der Waals surface area contributed by atoms with Crippen LogP contribution < -0.4 is 10.6 Å². The Labute approximate surface area is 175 Å². The Kier molecular flexibility index (Phi) is 6.68. The van der Waals surface area contributed by atoms with Gasteiger partial charge in [0.25, 0.3) is 0 Å². The Morgan fingerprint density at radius 3 is 2.23 bits per heavy atom. The highest BCUT2D eigenvalue weighted by atomic mass is 32.2. The van der Waals surface area contributed by atoms with Crippen LogP contribution in [-0.4, -0.2) is 26.8 Å². The van der Waals surface area contributed by atoms with Gasteiger partial charge in [-0.2, -0.15) is 0 Å². The average Bonchev–Trinajstić information content (AvgIpc) is 3.27. The number of carbonyl (C=O) groups excluding carboxylic acids is 2. The molecule has 0 aliphatic rings. The van der Waals surface area contributed by atoms with E-state index in [1.165, 1.54) is 24.5 Å². The van der Waals surface area contributed by atoms with E-state index in [1.54, 1.807) is 24.3 Å². The molecule has 3 rings (SSSR count). The maximum absolute atomic E-state index is 13.0. The molecule has 7 nitrogen and oxygen atoms in total. The van der Waals surface area contributed by atoms with E-state index in [-0.39, 0.29) is 23.7 Å². The molecule has 2 N–H and O–H groups in total. The molecule has 0 bridgehead atoms. The second-order valence-corrected chi connectivity index (χ2v) is 8.81. The van der Waals surface area contributed by atoms with Crippen LogP contribution in [0.2, 0.25) is 0 Å². The Morgan fingerprint density at radius 2 is 1.57 bits per heavy atom. The number of hydrogen-bond donors (Lipinski definition) is 2. The molecule has 0 aliphatic heterocycles. The van der Waals surface area contributed by atoms with E-state index in [4.69, 9.17) is 4.42 Å². The molecule has 2 amide bonds. The number of hydrogen-bond acceptors (Lipinski definition) is 5. The molecule has 1 atom stereocenters. The van der Waals surface area contributed by atoms with Gasteiger partial charge in [-0.15, -0.1) is 0 Å². The van der Waals surface area contributed by atoms with E-state index in [0.29, 0.717) is 0 Å². The number of amides is 2. The Balaban J connectivity index is 1.68. The molecule has 0 aliphatic carbocycles. The van der Waals surface area contributed by atoms with Crippen LogP contribution >= 0.6 is 0 Å². The topological polar surface area (TPSA) is 105 Å². The summed E-state index contributed by atoms with van der Waals surface area (Å²) in [6.07, 6.45) is 1.36. The maximum Gasteiger partial charge on any atom is 0.309 e. The monoisotopic (exact) mass is 426 g/mol. The van der Waals surface area contributed by atoms with Crippen LogP contribution in [0.25, 0.3) is 0 Å². The van der Waals surface area contributed by atoms with Crippen LogP contribution in [0.5, 0.6) is 0 Å². The van der Waals surface area contributed by atoms with Crippen molar-refractivity contribution in [2.24, 2.45) is 0 Å². The molecule has 1 heterocycles. The van der Waals surface area contributed by atoms with Gasteiger partial charge in [0.2, 0.25) is 0 Å². The number of sulfone groups is 1. The predicted molar refractivity (Wildman–Crippen MR) is 111 cm³/mol. The van der Waals surface area contributed by atoms with Gasteiger partial charge in [-0.1, -0.05) is 42.5 Å². The number of aryl methyl sites for hydroxylation is 1. The van der Waals surface area contributed by atoms with E-state index in [9.17, 15) is 18.0 Å². The first-order valence-corrected chi connectivity index (χ1v) is 10.9. The normalized spacial score (nSPS) is 12.2. The van der Waals surface area contributed by atoms with Gasteiger partial charge in [0.15, 0.2) is 9.84 Å². The number of carbonyl (C=O) groups is 2. The molecule has 30 heavy (non-hydrogen) atoms. The van der Waals surface area contributed by atoms with Crippen LogP contribution in [0.1, 0.15) is 22.1 Å².